The molecule has 9 heteroatoms. The van der Waals surface area contributed by atoms with Crippen LogP contribution in [-0.2, 0) is 14.1 Å². The predicted octanol–water partition coefficient (Wildman–Crippen LogP) is 2.33. The van der Waals surface area contributed by atoms with Gasteiger partial charge in [0.15, 0.2) is 5.60 Å². The van der Waals surface area contributed by atoms with Crippen LogP contribution in [0.15, 0.2) is 0 Å². The van der Waals surface area contributed by atoms with E-state index in [0.717, 1.165) is 0 Å². The van der Waals surface area contributed by atoms with Gasteiger partial charge in [0, 0.05) is 11.5 Å². The lowest BCUT2D eigenvalue weighted by Gasteiger charge is -2.31. The van der Waals surface area contributed by atoms with Crippen LogP contribution in [-0.4, -0.2) is 25.1 Å². The standard InChI is InChI=1S/C6H9Cl3O2.HO3P/c1-4(10)11-5(2,3)6(7,8)9;1-4(2)3/h1-3H3;(H-,1,2,3)/p+1. The Hall–Kier alpha value is 0.360. The fourth-order valence-corrected chi connectivity index (χ4v) is 0.533. The van der Waals surface area contributed by atoms with E-state index in [9.17, 15) is 4.79 Å². The molecular formula is C6H11Cl3O5P+. The Bertz CT molecular complexity index is 233. The zero-order valence-corrected chi connectivity index (χ0v) is 11.4. The molecule has 0 fully saturated rings. The largest absolute Gasteiger partial charge is 0.692 e. The Morgan fingerprint density at radius 2 is 1.53 bits per heavy atom. The van der Waals surface area contributed by atoms with Gasteiger partial charge in [0.2, 0.25) is 3.79 Å². The summed E-state index contributed by atoms with van der Waals surface area (Å²) in [4.78, 5) is 24.7. The van der Waals surface area contributed by atoms with E-state index < -0.39 is 23.6 Å². The molecule has 5 nitrogen and oxygen atoms in total. The summed E-state index contributed by atoms with van der Waals surface area (Å²) >= 11 is 16.6. The van der Waals surface area contributed by atoms with Crippen LogP contribution in [0.1, 0.15) is 20.8 Å². The Kier molecular flexibility index (Phi) is 8.09. The third-order valence-electron chi connectivity index (χ3n) is 1.08. The van der Waals surface area contributed by atoms with Gasteiger partial charge in [-0.2, -0.15) is 0 Å². The van der Waals surface area contributed by atoms with E-state index >= 15 is 0 Å². The average molecular weight is 300 g/mol. The molecule has 0 atom stereocenters. The lowest BCUT2D eigenvalue weighted by molar-refractivity contribution is -0.153. The molecule has 0 aliphatic heterocycles. The van der Waals surface area contributed by atoms with Gasteiger partial charge >= 0.3 is 14.2 Å². The Labute approximate surface area is 103 Å². The molecule has 0 rings (SSSR count). The van der Waals surface area contributed by atoms with Crippen LogP contribution in [0.25, 0.3) is 0 Å². The summed E-state index contributed by atoms with van der Waals surface area (Å²) < 4.78 is 11.9. The van der Waals surface area contributed by atoms with Crippen molar-refractivity contribution >= 4 is 49.0 Å². The minimum atomic E-state index is -2.87. The minimum Gasteiger partial charge on any atom is -0.455 e. The number of rotatable bonds is 1. The molecule has 0 aromatic rings. The highest BCUT2D eigenvalue weighted by Gasteiger charge is 2.43. The summed E-state index contributed by atoms with van der Waals surface area (Å²) in [5.74, 6) is -0.471. The first-order valence-electron chi connectivity index (χ1n) is 3.51. The summed E-state index contributed by atoms with van der Waals surface area (Å²) in [5.41, 5.74) is -1.09. The maximum atomic E-state index is 10.5. The van der Waals surface area contributed by atoms with Crippen LogP contribution in [0.4, 0.5) is 0 Å². The van der Waals surface area contributed by atoms with E-state index in [4.69, 9.17) is 53.9 Å². The van der Waals surface area contributed by atoms with Crippen molar-refractivity contribution < 1.29 is 23.9 Å². The molecule has 90 valence electrons. The van der Waals surface area contributed by atoms with E-state index in [-0.39, 0.29) is 0 Å². The smallest absolute Gasteiger partial charge is 0.455 e. The molecule has 0 bridgehead atoms. The van der Waals surface area contributed by atoms with Gasteiger partial charge in [-0.15, -0.1) is 9.79 Å². The van der Waals surface area contributed by atoms with Gasteiger partial charge < -0.3 is 4.74 Å². The average Bonchev–Trinajstić information content (AvgIpc) is 1.78. The van der Waals surface area contributed by atoms with Crippen molar-refractivity contribution in [3.05, 3.63) is 0 Å². The second kappa shape index (κ2) is 6.84. The number of halogens is 3. The van der Waals surface area contributed by atoms with E-state index in [1.165, 1.54) is 20.8 Å². The lowest BCUT2D eigenvalue weighted by Crippen LogP contribution is -2.40. The second-order valence-corrected chi connectivity index (χ2v) is 5.64. The van der Waals surface area contributed by atoms with Crippen molar-refractivity contribution in [3.63, 3.8) is 0 Å². The number of carbonyl (C=O) groups excluding carboxylic acids is 1. The Morgan fingerprint density at radius 1 is 1.27 bits per heavy atom. The van der Waals surface area contributed by atoms with Crippen LogP contribution in [0.2, 0.25) is 0 Å². The number of alkyl halides is 3. The third kappa shape index (κ3) is 10.6. The lowest BCUT2D eigenvalue weighted by atomic mass is 10.2. The molecule has 0 aliphatic carbocycles. The molecule has 0 aromatic carbocycles. The quantitative estimate of drug-likeness (QED) is 0.441. The van der Waals surface area contributed by atoms with Gasteiger partial charge in [0.25, 0.3) is 0 Å². The molecular weight excluding hydrogens is 289 g/mol. The zero-order chi connectivity index (χ0) is 12.9. The van der Waals surface area contributed by atoms with E-state index in [2.05, 4.69) is 0 Å². The summed E-state index contributed by atoms with van der Waals surface area (Å²) in [6.45, 7) is 4.32. The predicted molar refractivity (Wildman–Crippen MR) is 58.2 cm³/mol. The van der Waals surface area contributed by atoms with Crippen molar-refractivity contribution in [1.29, 1.82) is 0 Å². The Morgan fingerprint density at radius 3 is 1.60 bits per heavy atom. The number of ether oxygens (including phenoxy) is 1. The van der Waals surface area contributed by atoms with Crippen LogP contribution >= 0.6 is 43.1 Å². The number of esters is 1. The summed E-state index contributed by atoms with van der Waals surface area (Å²) in [5, 5.41) is 0. The second-order valence-electron chi connectivity index (χ2n) is 2.85. The van der Waals surface area contributed by atoms with Crippen LogP contribution in [0.3, 0.4) is 0 Å². The van der Waals surface area contributed by atoms with Crippen molar-refractivity contribution in [1.82, 2.24) is 0 Å². The van der Waals surface area contributed by atoms with Gasteiger partial charge in [-0.1, -0.05) is 34.8 Å². The molecule has 0 aliphatic rings. The molecule has 0 amide bonds. The maximum absolute atomic E-state index is 10.5. The van der Waals surface area contributed by atoms with Crippen LogP contribution in [0, 0.1) is 0 Å². The highest BCUT2D eigenvalue weighted by atomic mass is 35.6. The first-order chi connectivity index (χ1) is 6.40. The summed E-state index contributed by atoms with van der Waals surface area (Å²) in [6, 6.07) is 0. The van der Waals surface area contributed by atoms with Crippen molar-refractivity contribution in [2.45, 2.75) is 30.2 Å². The molecule has 0 heterocycles. The van der Waals surface area contributed by atoms with Crippen molar-refractivity contribution in [2.75, 3.05) is 0 Å². The van der Waals surface area contributed by atoms with Crippen LogP contribution < -0.4 is 0 Å². The van der Waals surface area contributed by atoms with Crippen molar-refractivity contribution in [3.8, 4) is 0 Å². The Balaban J connectivity index is 0. The van der Waals surface area contributed by atoms with Gasteiger partial charge in [-0.25, -0.2) is 0 Å². The van der Waals surface area contributed by atoms with Gasteiger partial charge in [-0.05, 0) is 13.8 Å². The van der Waals surface area contributed by atoms with Crippen molar-refractivity contribution in [2.24, 2.45) is 0 Å². The normalized spacial score (nSPS) is 11.2. The molecule has 0 spiro atoms. The van der Waals surface area contributed by atoms with E-state index in [1.807, 2.05) is 0 Å². The molecule has 0 saturated heterocycles. The highest BCUT2D eigenvalue weighted by Crippen LogP contribution is 2.40. The molecule has 2 N–H and O–H groups in total. The van der Waals surface area contributed by atoms with Gasteiger partial charge in [-0.3, -0.25) is 4.79 Å². The molecule has 0 radical (unpaired) electrons. The van der Waals surface area contributed by atoms with E-state index in [0.29, 0.717) is 0 Å². The first kappa shape index (κ1) is 17.7. The SMILES string of the molecule is CC(=O)OC(C)(C)C(Cl)(Cl)Cl.O=[P+](O)O. The topological polar surface area (TPSA) is 83.8 Å². The number of carbonyl (C=O) groups is 1. The van der Waals surface area contributed by atoms with Crippen LogP contribution in [0.5, 0.6) is 0 Å². The van der Waals surface area contributed by atoms with Gasteiger partial charge in [0.1, 0.15) is 0 Å². The zero-order valence-electron chi connectivity index (χ0n) is 8.20. The summed E-state index contributed by atoms with van der Waals surface area (Å²) in [7, 11) is -2.87. The molecule has 0 aromatic heterocycles. The fraction of sp³-hybridized carbons (Fsp3) is 0.833. The number of hydrogen-bond acceptors (Lipinski definition) is 3. The van der Waals surface area contributed by atoms with Gasteiger partial charge in [0.05, 0.1) is 0 Å². The van der Waals surface area contributed by atoms with E-state index in [1.54, 1.807) is 0 Å². The molecule has 15 heavy (non-hydrogen) atoms. The molecule has 0 unspecified atom stereocenters. The highest BCUT2D eigenvalue weighted by molar-refractivity contribution is 7.30. The number of hydrogen-bond donors (Lipinski definition) is 2. The molecule has 0 saturated carbocycles. The maximum Gasteiger partial charge on any atom is 0.692 e. The fourth-order valence-electron chi connectivity index (χ4n) is 0.417. The first-order valence-corrected chi connectivity index (χ1v) is 5.81. The summed E-state index contributed by atoms with van der Waals surface area (Å²) in [6.07, 6.45) is 0. The monoisotopic (exact) mass is 299 g/mol. The third-order valence-corrected chi connectivity index (χ3v) is 2.45. The minimum absolute atomic E-state index is 0.471.